The highest BCUT2D eigenvalue weighted by Crippen LogP contribution is 2.30. The van der Waals surface area contributed by atoms with E-state index >= 15 is 0 Å². The average Bonchev–Trinajstić information content (AvgIpc) is 3.45. The molecule has 1 aliphatic heterocycles. The van der Waals surface area contributed by atoms with Gasteiger partial charge in [-0.15, -0.1) is 0 Å². The van der Waals surface area contributed by atoms with Crippen molar-refractivity contribution in [1.82, 2.24) is 15.3 Å². The number of nitriles is 1. The lowest BCUT2D eigenvalue weighted by Crippen LogP contribution is -2.46. The Morgan fingerprint density at radius 3 is 2.44 bits per heavy atom. The van der Waals surface area contributed by atoms with Crippen molar-refractivity contribution in [3.05, 3.63) is 30.0 Å². The zero-order valence-electron chi connectivity index (χ0n) is 15.6. The molecule has 7 nitrogen and oxygen atoms in total. The molecule has 3 unspecified atom stereocenters. The molecule has 2 aliphatic rings. The molecule has 0 spiro atoms. The first kappa shape index (κ1) is 17.7. The molecule has 0 bridgehead atoms. The summed E-state index contributed by atoms with van der Waals surface area (Å²) < 4.78 is 5.83. The summed E-state index contributed by atoms with van der Waals surface area (Å²) in [5, 5.41) is 12.7. The number of hydrogen-bond acceptors (Lipinski definition) is 6. The van der Waals surface area contributed by atoms with Gasteiger partial charge in [0.05, 0.1) is 29.3 Å². The minimum Gasteiger partial charge on any atom is -0.372 e. The van der Waals surface area contributed by atoms with E-state index in [1.807, 2.05) is 38.1 Å². The van der Waals surface area contributed by atoms with E-state index in [0.29, 0.717) is 30.1 Å². The third-order valence-electron chi connectivity index (χ3n) is 4.89. The number of anilines is 1. The van der Waals surface area contributed by atoms with Crippen molar-refractivity contribution in [1.29, 1.82) is 5.26 Å². The van der Waals surface area contributed by atoms with Gasteiger partial charge in [-0.05, 0) is 38.8 Å². The summed E-state index contributed by atoms with van der Waals surface area (Å²) in [6, 6.07) is 9.88. The summed E-state index contributed by atoms with van der Waals surface area (Å²) in [4.78, 5) is 24.2. The van der Waals surface area contributed by atoms with Crippen molar-refractivity contribution in [2.24, 2.45) is 0 Å². The highest BCUT2D eigenvalue weighted by Gasteiger charge is 2.34. The Hall–Kier alpha value is -2.72. The first-order valence-electron chi connectivity index (χ1n) is 9.42. The number of fused-ring (bicyclic) bond motifs is 1. The van der Waals surface area contributed by atoms with Gasteiger partial charge in [0.1, 0.15) is 5.69 Å². The summed E-state index contributed by atoms with van der Waals surface area (Å²) in [5.74, 6) is -0.667. The lowest BCUT2D eigenvalue weighted by atomic mass is 10.0. The Kier molecular flexibility index (Phi) is 4.66. The fourth-order valence-corrected chi connectivity index (χ4v) is 3.54. The van der Waals surface area contributed by atoms with Gasteiger partial charge in [0.15, 0.2) is 11.7 Å². The molecule has 1 saturated carbocycles. The molecule has 1 aliphatic carbocycles. The van der Waals surface area contributed by atoms with Crippen molar-refractivity contribution in [2.75, 3.05) is 18.0 Å². The molecule has 1 amide bonds. The Morgan fingerprint density at radius 1 is 1.22 bits per heavy atom. The number of carbonyl (C=O) groups is 1. The average molecular weight is 365 g/mol. The van der Waals surface area contributed by atoms with Gasteiger partial charge in [-0.1, -0.05) is 12.1 Å². The maximum absolute atomic E-state index is 12.7. The van der Waals surface area contributed by atoms with Crippen LogP contribution in [0.3, 0.4) is 0 Å². The fraction of sp³-hybridized carbons (Fsp3) is 0.500. The van der Waals surface area contributed by atoms with Gasteiger partial charge < -0.3 is 15.0 Å². The minimum absolute atomic E-state index is 0.0377. The summed E-state index contributed by atoms with van der Waals surface area (Å²) in [5.41, 5.74) is 1.86. The third-order valence-corrected chi connectivity index (χ3v) is 4.89. The first-order chi connectivity index (χ1) is 13.0. The normalized spacial score (nSPS) is 23.7. The molecule has 27 heavy (non-hydrogen) atoms. The van der Waals surface area contributed by atoms with E-state index < -0.39 is 5.92 Å². The lowest BCUT2D eigenvalue weighted by Gasteiger charge is -2.37. The SMILES string of the molecule is CC1CN(c2nc3ccccc3nc2C(C#N)C(=O)NC2CC2)CC(C)O1. The Morgan fingerprint density at radius 2 is 1.85 bits per heavy atom. The molecule has 1 saturated heterocycles. The number of aromatic nitrogens is 2. The van der Waals surface area contributed by atoms with Crippen LogP contribution in [0, 0.1) is 11.3 Å². The van der Waals surface area contributed by atoms with Crippen LogP contribution in [0.1, 0.15) is 38.3 Å². The van der Waals surface area contributed by atoms with Crippen LogP contribution in [-0.2, 0) is 9.53 Å². The number of benzene rings is 1. The van der Waals surface area contributed by atoms with Crippen LogP contribution in [0.25, 0.3) is 11.0 Å². The van der Waals surface area contributed by atoms with Crippen molar-refractivity contribution < 1.29 is 9.53 Å². The highest BCUT2D eigenvalue weighted by atomic mass is 16.5. The molecular weight excluding hydrogens is 342 g/mol. The lowest BCUT2D eigenvalue weighted by molar-refractivity contribution is -0.121. The number of hydrogen-bond donors (Lipinski definition) is 1. The van der Waals surface area contributed by atoms with Crippen LogP contribution in [-0.4, -0.2) is 47.2 Å². The van der Waals surface area contributed by atoms with Gasteiger partial charge in [-0.3, -0.25) is 4.79 Å². The largest absolute Gasteiger partial charge is 0.372 e. The molecule has 2 heterocycles. The van der Waals surface area contributed by atoms with Gasteiger partial charge in [-0.25, -0.2) is 9.97 Å². The quantitative estimate of drug-likeness (QED) is 0.892. The smallest absolute Gasteiger partial charge is 0.243 e. The Balaban J connectivity index is 1.78. The van der Waals surface area contributed by atoms with Crippen molar-refractivity contribution in [3.8, 4) is 6.07 Å². The van der Waals surface area contributed by atoms with E-state index in [2.05, 4.69) is 16.3 Å². The first-order valence-corrected chi connectivity index (χ1v) is 9.42. The van der Waals surface area contributed by atoms with Crippen LogP contribution < -0.4 is 10.2 Å². The van der Waals surface area contributed by atoms with Crippen molar-refractivity contribution in [3.63, 3.8) is 0 Å². The zero-order valence-corrected chi connectivity index (χ0v) is 15.6. The number of ether oxygens (including phenoxy) is 1. The molecule has 140 valence electrons. The Labute approximate surface area is 158 Å². The van der Waals surface area contributed by atoms with E-state index in [0.717, 1.165) is 18.4 Å². The predicted molar refractivity (Wildman–Crippen MR) is 101 cm³/mol. The molecule has 4 rings (SSSR count). The highest BCUT2D eigenvalue weighted by molar-refractivity contribution is 5.89. The third kappa shape index (κ3) is 3.71. The molecule has 2 fully saturated rings. The number of nitrogens with zero attached hydrogens (tertiary/aromatic N) is 4. The second-order valence-corrected chi connectivity index (χ2v) is 7.43. The molecule has 3 atom stereocenters. The monoisotopic (exact) mass is 365 g/mol. The maximum Gasteiger partial charge on any atom is 0.243 e. The second kappa shape index (κ2) is 7.12. The van der Waals surface area contributed by atoms with Gasteiger partial charge in [-0.2, -0.15) is 5.26 Å². The molecule has 0 radical (unpaired) electrons. The molecule has 7 heteroatoms. The summed E-state index contributed by atoms with van der Waals surface area (Å²) in [7, 11) is 0. The van der Waals surface area contributed by atoms with Crippen molar-refractivity contribution in [2.45, 2.75) is 50.9 Å². The van der Waals surface area contributed by atoms with Crippen molar-refractivity contribution >= 4 is 22.8 Å². The molecule has 1 N–H and O–H groups in total. The molecule has 1 aromatic heterocycles. The van der Waals surface area contributed by atoms with Gasteiger partial charge in [0.2, 0.25) is 5.91 Å². The van der Waals surface area contributed by atoms with Gasteiger partial charge in [0.25, 0.3) is 0 Å². The summed E-state index contributed by atoms with van der Waals surface area (Å²) in [6.07, 6.45) is 2.02. The van der Waals surface area contributed by atoms with E-state index in [1.165, 1.54) is 0 Å². The standard InChI is InChI=1S/C20H23N5O2/c1-12-10-25(11-13(2)27-12)19-18(15(9-21)20(26)22-14-7-8-14)23-16-5-3-4-6-17(16)24-19/h3-6,12-15H,7-8,10-11H2,1-2H3,(H,22,26). The number of morpholine rings is 1. The van der Waals surface area contributed by atoms with Crippen LogP contribution in [0.15, 0.2) is 24.3 Å². The van der Waals surface area contributed by atoms with Crippen LogP contribution in [0.4, 0.5) is 5.82 Å². The Bertz CT molecular complexity index is 895. The van der Waals surface area contributed by atoms with E-state index in [-0.39, 0.29) is 24.2 Å². The van der Waals surface area contributed by atoms with Gasteiger partial charge in [0, 0.05) is 19.1 Å². The second-order valence-electron chi connectivity index (χ2n) is 7.43. The summed E-state index contributed by atoms with van der Waals surface area (Å²) >= 11 is 0. The number of para-hydroxylation sites is 2. The van der Waals surface area contributed by atoms with Crippen LogP contribution in [0.2, 0.25) is 0 Å². The van der Waals surface area contributed by atoms with Gasteiger partial charge >= 0.3 is 0 Å². The number of nitrogens with one attached hydrogen (secondary N) is 1. The molecule has 2 aromatic rings. The van der Waals surface area contributed by atoms with Crippen LogP contribution in [0.5, 0.6) is 0 Å². The zero-order chi connectivity index (χ0) is 19.0. The fourth-order valence-electron chi connectivity index (χ4n) is 3.54. The van der Waals surface area contributed by atoms with Crippen LogP contribution >= 0.6 is 0 Å². The topological polar surface area (TPSA) is 91.1 Å². The molecule has 1 aromatic carbocycles. The number of carbonyl (C=O) groups excluding carboxylic acids is 1. The van der Waals surface area contributed by atoms with E-state index in [4.69, 9.17) is 14.7 Å². The number of amides is 1. The number of rotatable bonds is 4. The summed E-state index contributed by atoms with van der Waals surface area (Å²) in [6.45, 7) is 5.32. The van der Waals surface area contributed by atoms with E-state index in [9.17, 15) is 10.1 Å². The molecular formula is C20H23N5O2. The predicted octanol–water partition coefficient (Wildman–Crippen LogP) is 2.13. The minimum atomic E-state index is -0.980. The van der Waals surface area contributed by atoms with E-state index in [1.54, 1.807) is 0 Å². The maximum atomic E-state index is 12.7.